The van der Waals surface area contributed by atoms with Gasteiger partial charge in [-0.15, -0.1) is 24.8 Å². The number of halogens is 2. The zero-order valence-electron chi connectivity index (χ0n) is 12.6. The number of allylic oxidation sites excluding steroid dienone is 4. The van der Waals surface area contributed by atoms with Gasteiger partial charge in [-0.2, -0.15) is 0 Å². The topological polar surface area (TPSA) is 9.23 Å². The monoisotopic (exact) mass is 369 g/mol. The third-order valence-electron chi connectivity index (χ3n) is 3.95. The first kappa shape index (κ1) is 19.5. The minimum atomic E-state index is 0. The van der Waals surface area contributed by atoms with Gasteiger partial charge in [-0.3, -0.25) is 0 Å². The standard InChI is InChI=1S/C18H17O.2ClH.Ti/c1-12-7-8-15(11-12)17-10-9-14-5-3-4-6-16(14)18(17)13(2)19;;;/h3-7,9-11,13H,8H2,1-2H3;2*1H;/q-1;;;+1. The summed E-state index contributed by atoms with van der Waals surface area (Å²) in [6, 6.07) is 13.0. The largest absolute Gasteiger partial charge is 0.147 e. The molecule has 115 valence electrons. The minimum absolute atomic E-state index is 0. The van der Waals surface area contributed by atoms with E-state index in [0.717, 1.165) is 6.42 Å². The molecule has 1 nitrogen and oxygen atoms in total. The van der Waals surface area contributed by atoms with Crippen molar-refractivity contribution in [3.8, 4) is 0 Å². The molecule has 0 aromatic heterocycles. The average Bonchev–Trinajstić information content (AvgIpc) is 2.91. The van der Waals surface area contributed by atoms with Gasteiger partial charge in [0.25, 0.3) is 0 Å². The van der Waals surface area contributed by atoms with Crippen LogP contribution in [0.2, 0.25) is 0 Å². The van der Waals surface area contributed by atoms with Gasteiger partial charge < -0.3 is 0 Å². The molecule has 2 aromatic rings. The Labute approximate surface area is 156 Å². The maximum Gasteiger partial charge on any atom is -0.147 e. The Kier molecular flexibility index (Phi) is 7.38. The summed E-state index contributed by atoms with van der Waals surface area (Å²) in [6.07, 6.45) is 5.69. The van der Waals surface area contributed by atoms with Crippen LogP contribution in [0.1, 0.15) is 37.5 Å². The van der Waals surface area contributed by atoms with Crippen LogP contribution in [0.5, 0.6) is 0 Å². The van der Waals surface area contributed by atoms with Crippen molar-refractivity contribution in [1.29, 1.82) is 0 Å². The summed E-state index contributed by atoms with van der Waals surface area (Å²) in [7, 11) is 0. The Morgan fingerprint density at radius 3 is 2.45 bits per heavy atom. The number of fused-ring (bicyclic) bond motifs is 1. The molecule has 0 aliphatic heterocycles. The van der Waals surface area contributed by atoms with Gasteiger partial charge in [0, 0.05) is 0 Å². The van der Waals surface area contributed by atoms with Crippen LogP contribution in [0, 0.1) is 0 Å². The predicted octanol–water partition coefficient (Wildman–Crippen LogP) is 5.96. The van der Waals surface area contributed by atoms with Gasteiger partial charge in [0.05, 0.1) is 0 Å². The molecule has 1 unspecified atom stereocenters. The smallest absolute Gasteiger partial charge is 0.147 e. The third kappa shape index (κ3) is 3.67. The van der Waals surface area contributed by atoms with Crippen LogP contribution in [0.15, 0.2) is 54.1 Å². The van der Waals surface area contributed by atoms with Crippen molar-refractivity contribution in [2.45, 2.75) is 26.4 Å². The maximum atomic E-state index is 5.63. The number of rotatable bonds is 3. The summed E-state index contributed by atoms with van der Waals surface area (Å²) in [6.45, 7) is 4.29. The fourth-order valence-electron chi connectivity index (χ4n) is 2.92. The zero-order valence-corrected chi connectivity index (χ0v) is 15.8. The van der Waals surface area contributed by atoms with Crippen molar-refractivity contribution in [1.82, 2.24) is 0 Å². The van der Waals surface area contributed by atoms with E-state index in [1.54, 1.807) is 20.8 Å². The molecule has 1 atom stereocenters. The third-order valence-corrected chi connectivity index (χ3v) is 4.50. The summed E-state index contributed by atoms with van der Waals surface area (Å²) >= 11 is 1.78. The Balaban J connectivity index is 0.00000121. The van der Waals surface area contributed by atoms with Crippen molar-refractivity contribution in [3.63, 3.8) is 0 Å². The van der Waals surface area contributed by atoms with Crippen LogP contribution in [0.25, 0.3) is 16.3 Å². The van der Waals surface area contributed by atoms with Crippen molar-refractivity contribution in [2.75, 3.05) is 0 Å². The van der Waals surface area contributed by atoms with Crippen LogP contribution >= 0.6 is 24.8 Å². The molecule has 22 heavy (non-hydrogen) atoms. The fourth-order valence-corrected chi connectivity index (χ4v) is 3.11. The molecule has 1 aliphatic carbocycles. The molecule has 0 spiro atoms. The second-order valence-electron chi connectivity index (χ2n) is 5.33. The molecule has 0 saturated carbocycles. The molecule has 0 radical (unpaired) electrons. The van der Waals surface area contributed by atoms with E-state index in [9.17, 15) is 0 Å². The van der Waals surface area contributed by atoms with Gasteiger partial charge in [0.2, 0.25) is 0 Å². The van der Waals surface area contributed by atoms with E-state index in [2.05, 4.69) is 62.4 Å². The number of hydrogen-bond donors (Lipinski definition) is 0. The summed E-state index contributed by atoms with van der Waals surface area (Å²) in [5.74, 6) is 0. The Morgan fingerprint density at radius 2 is 1.82 bits per heavy atom. The SMILES string of the molecule is CC1=CCC(c2ccc3ccccc3c2C(C)[O][Ti])=C1.Cl.Cl. The second kappa shape index (κ2) is 8.33. The van der Waals surface area contributed by atoms with Crippen molar-refractivity contribution in [3.05, 3.63) is 65.3 Å². The van der Waals surface area contributed by atoms with Gasteiger partial charge >= 0.3 is 132 Å². The van der Waals surface area contributed by atoms with Crippen LogP contribution < -0.4 is 0 Å². The molecule has 0 N–H and O–H groups in total. The first-order valence-electron chi connectivity index (χ1n) is 6.92. The van der Waals surface area contributed by atoms with Gasteiger partial charge in [-0.25, -0.2) is 0 Å². The molecule has 0 heterocycles. The van der Waals surface area contributed by atoms with E-state index < -0.39 is 0 Å². The Hall–Kier alpha value is -0.566. The normalized spacial score (nSPS) is 14.6. The van der Waals surface area contributed by atoms with E-state index in [1.165, 1.54) is 33.0 Å². The molecular weight excluding hydrogens is 351 g/mol. The van der Waals surface area contributed by atoms with Gasteiger partial charge in [-0.05, 0) is 0 Å². The first-order valence-corrected chi connectivity index (χ1v) is 7.56. The van der Waals surface area contributed by atoms with Crippen molar-refractivity contribution < 1.29 is 24.1 Å². The van der Waals surface area contributed by atoms with E-state index >= 15 is 0 Å². The van der Waals surface area contributed by atoms with Crippen molar-refractivity contribution in [2.24, 2.45) is 0 Å². The zero-order chi connectivity index (χ0) is 14.1. The van der Waals surface area contributed by atoms with Crippen LogP contribution in [0.4, 0.5) is 0 Å². The fraction of sp³-hybridized carbons (Fsp3) is 0.222. The number of benzene rings is 2. The summed E-state index contributed by atoms with van der Waals surface area (Å²) < 4.78 is 5.63. The minimum Gasteiger partial charge on any atom is -0.147 e. The molecule has 0 amide bonds. The molecule has 4 heteroatoms. The Bertz CT molecular complexity index is 722. The molecule has 0 bridgehead atoms. The molecule has 0 saturated heterocycles. The summed E-state index contributed by atoms with van der Waals surface area (Å²) in [4.78, 5) is 0. The molecule has 0 fully saturated rings. The summed E-state index contributed by atoms with van der Waals surface area (Å²) in [5, 5.41) is 2.57. The maximum absolute atomic E-state index is 5.63. The van der Waals surface area contributed by atoms with Gasteiger partial charge in [-0.1, -0.05) is 0 Å². The van der Waals surface area contributed by atoms with E-state index in [4.69, 9.17) is 3.32 Å². The van der Waals surface area contributed by atoms with Crippen LogP contribution in [0.3, 0.4) is 0 Å². The average molecular weight is 370 g/mol. The van der Waals surface area contributed by atoms with Gasteiger partial charge in [0.15, 0.2) is 0 Å². The van der Waals surface area contributed by atoms with E-state index in [-0.39, 0.29) is 30.9 Å². The van der Waals surface area contributed by atoms with Gasteiger partial charge in [0.1, 0.15) is 0 Å². The van der Waals surface area contributed by atoms with E-state index in [1.807, 2.05) is 0 Å². The van der Waals surface area contributed by atoms with Crippen LogP contribution in [-0.4, -0.2) is 0 Å². The summed E-state index contributed by atoms with van der Waals surface area (Å²) in [5.41, 5.74) is 5.38. The molecule has 2 aromatic carbocycles. The Morgan fingerprint density at radius 1 is 1.09 bits per heavy atom. The second-order valence-corrected chi connectivity index (χ2v) is 5.70. The first-order chi connectivity index (χ1) is 9.70. The quantitative estimate of drug-likeness (QED) is 0.606. The van der Waals surface area contributed by atoms with Crippen molar-refractivity contribution >= 4 is 41.2 Å². The van der Waals surface area contributed by atoms with Crippen LogP contribution in [-0.2, 0) is 24.1 Å². The predicted molar refractivity (Wildman–Crippen MR) is 94.3 cm³/mol. The molecule has 3 rings (SSSR count). The molecule has 1 aliphatic rings. The molecular formula is C18H19Cl2OTi. The number of hydrogen-bond acceptors (Lipinski definition) is 1. The van der Waals surface area contributed by atoms with E-state index in [0.29, 0.717) is 0 Å².